The summed E-state index contributed by atoms with van der Waals surface area (Å²) in [5.74, 6) is 0.690. The van der Waals surface area contributed by atoms with Crippen molar-refractivity contribution in [1.29, 1.82) is 0 Å². The van der Waals surface area contributed by atoms with Crippen molar-refractivity contribution >= 4 is 6.03 Å². The molecule has 136 valence electrons. The Morgan fingerprint density at radius 1 is 1.50 bits per heavy atom. The Morgan fingerprint density at radius 3 is 3.00 bits per heavy atom. The van der Waals surface area contributed by atoms with Crippen LogP contribution in [0.5, 0.6) is 0 Å². The monoisotopic (exact) mass is 337 g/mol. The van der Waals surface area contributed by atoms with Crippen LogP contribution in [0.25, 0.3) is 0 Å². The zero-order chi connectivity index (χ0) is 17.4. The van der Waals surface area contributed by atoms with E-state index in [1.807, 2.05) is 13.2 Å². The van der Waals surface area contributed by atoms with E-state index in [1.54, 1.807) is 22.9 Å². The van der Waals surface area contributed by atoms with Crippen LogP contribution in [-0.2, 0) is 18.3 Å². The van der Waals surface area contributed by atoms with Crippen molar-refractivity contribution in [2.45, 2.75) is 25.8 Å². The molecule has 0 radical (unpaired) electrons. The van der Waals surface area contributed by atoms with Gasteiger partial charge in [-0.05, 0) is 38.8 Å². The van der Waals surface area contributed by atoms with Gasteiger partial charge in [-0.15, -0.1) is 0 Å². The Bertz CT molecular complexity index is 505. The number of carbonyl (C=O) groups is 1. The molecule has 7 nitrogen and oxygen atoms in total. The van der Waals surface area contributed by atoms with E-state index < -0.39 is 0 Å². The van der Waals surface area contributed by atoms with E-state index in [4.69, 9.17) is 4.74 Å². The van der Waals surface area contributed by atoms with Crippen molar-refractivity contribution in [2.75, 3.05) is 46.9 Å². The van der Waals surface area contributed by atoms with Crippen LogP contribution in [0.2, 0.25) is 0 Å². The average Bonchev–Trinajstić information content (AvgIpc) is 2.96. The molecule has 2 rings (SSSR count). The number of methoxy groups -OCH3 is 1. The molecule has 0 saturated carbocycles. The summed E-state index contributed by atoms with van der Waals surface area (Å²) < 4.78 is 6.88. The van der Waals surface area contributed by atoms with E-state index in [2.05, 4.69) is 22.4 Å². The Hall–Kier alpha value is -1.60. The quantitative estimate of drug-likeness (QED) is 0.777. The Labute approximate surface area is 144 Å². The maximum absolute atomic E-state index is 12.5. The molecule has 2 heterocycles. The third-order valence-corrected chi connectivity index (χ3v) is 4.54. The zero-order valence-electron chi connectivity index (χ0n) is 15.2. The van der Waals surface area contributed by atoms with Gasteiger partial charge in [0.25, 0.3) is 0 Å². The summed E-state index contributed by atoms with van der Waals surface area (Å²) in [7, 11) is 5.70. The fourth-order valence-electron chi connectivity index (χ4n) is 3.23. The summed E-state index contributed by atoms with van der Waals surface area (Å²) >= 11 is 0. The van der Waals surface area contributed by atoms with Crippen molar-refractivity contribution in [3.05, 3.63) is 18.0 Å². The van der Waals surface area contributed by atoms with E-state index in [0.717, 1.165) is 25.1 Å². The van der Waals surface area contributed by atoms with Gasteiger partial charge in [0.15, 0.2) is 0 Å². The highest BCUT2D eigenvalue weighted by Gasteiger charge is 2.18. The van der Waals surface area contributed by atoms with Crippen LogP contribution in [0.15, 0.2) is 12.4 Å². The first kappa shape index (κ1) is 18.7. The number of rotatable bonds is 8. The third-order valence-electron chi connectivity index (χ3n) is 4.54. The van der Waals surface area contributed by atoms with Gasteiger partial charge in [-0.1, -0.05) is 0 Å². The van der Waals surface area contributed by atoms with Crippen molar-refractivity contribution in [3.8, 4) is 0 Å². The first-order valence-electron chi connectivity index (χ1n) is 8.76. The Morgan fingerprint density at radius 2 is 2.33 bits per heavy atom. The molecule has 1 aliphatic heterocycles. The number of aryl methyl sites for hydroxylation is 1. The van der Waals surface area contributed by atoms with E-state index in [1.165, 1.54) is 19.4 Å². The van der Waals surface area contributed by atoms with Crippen LogP contribution in [0.4, 0.5) is 4.79 Å². The molecule has 2 amide bonds. The second-order valence-corrected chi connectivity index (χ2v) is 6.73. The number of amides is 2. The van der Waals surface area contributed by atoms with Crippen LogP contribution in [0, 0.1) is 5.92 Å². The van der Waals surface area contributed by atoms with E-state index >= 15 is 0 Å². The molecule has 0 aromatic carbocycles. The maximum atomic E-state index is 12.5. The summed E-state index contributed by atoms with van der Waals surface area (Å²) in [6.07, 6.45) is 7.30. The van der Waals surface area contributed by atoms with Gasteiger partial charge in [-0.3, -0.25) is 4.68 Å². The molecular weight excluding hydrogens is 306 g/mol. The van der Waals surface area contributed by atoms with E-state index in [0.29, 0.717) is 25.6 Å². The number of likely N-dealkylation sites (tertiary alicyclic amines) is 1. The number of urea groups is 1. The van der Waals surface area contributed by atoms with Crippen LogP contribution < -0.4 is 5.32 Å². The Balaban J connectivity index is 1.78. The second-order valence-electron chi connectivity index (χ2n) is 6.73. The zero-order valence-corrected chi connectivity index (χ0v) is 15.2. The lowest BCUT2D eigenvalue weighted by atomic mass is 9.95. The van der Waals surface area contributed by atoms with Gasteiger partial charge < -0.3 is 19.9 Å². The lowest BCUT2D eigenvalue weighted by Gasteiger charge is -2.30. The normalized spacial score (nSPS) is 18.5. The largest absolute Gasteiger partial charge is 0.383 e. The molecule has 7 heteroatoms. The third kappa shape index (κ3) is 6.13. The molecule has 0 unspecified atom stereocenters. The first-order chi connectivity index (χ1) is 11.6. The molecule has 1 aromatic rings. The minimum absolute atomic E-state index is 0.0277. The molecule has 1 saturated heterocycles. The van der Waals surface area contributed by atoms with Crippen molar-refractivity contribution in [3.63, 3.8) is 0 Å². The minimum Gasteiger partial charge on any atom is -0.383 e. The van der Waals surface area contributed by atoms with Crippen LogP contribution >= 0.6 is 0 Å². The van der Waals surface area contributed by atoms with E-state index in [-0.39, 0.29) is 6.03 Å². The SMILES string of the molecule is COCCN(Cc1cnn(C)c1)C(=O)NCC[C@H]1CCCN(C)C1. The molecular formula is C17H31N5O2. The predicted octanol–water partition coefficient (Wildman–Crippen LogP) is 1.31. The molecule has 1 N–H and O–H groups in total. The molecule has 1 fully saturated rings. The maximum Gasteiger partial charge on any atom is 0.317 e. The van der Waals surface area contributed by atoms with Gasteiger partial charge in [-0.2, -0.15) is 5.10 Å². The summed E-state index contributed by atoms with van der Waals surface area (Å²) in [6, 6.07) is -0.0277. The lowest BCUT2D eigenvalue weighted by molar-refractivity contribution is 0.145. The molecule has 1 aromatic heterocycles. The van der Waals surface area contributed by atoms with Crippen molar-refractivity contribution in [2.24, 2.45) is 13.0 Å². The topological polar surface area (TPSA) is 62.6 Å². The van der Waals surface area contributed by atoms with Gasteiger partial charge in [0.2, 0.25) is 0 Å². The standard InChI is InChI=1S/C17H31N5O2/c1-20-8-4-5-15(12-20)6-7-18-17(23)22(9-10-24-3)14-16-11-19-21(2)13-16/h11,13,15H,4-10,12,14H2,1-3H3,(H,18,23)/t15-/m1/s1. The number of nitrogens with one attached hydrogen (secondary N) is 1. The number of aromatic nitrogens is 2. The highest BCUT2D eigenvalue weighted by molar-refractivity contribution is 5.74. The van der Waals surface area contributed by atoms with E-state index in [9.17, 15) is 4.79 Å². The molecule has 0 spiro atoms. The van der Waals surface area contributed by atoms with Gasteiger partial charge in [0.05, 0.1) is 19.3 Å². The Kier molecular flexibility index (Phi) is 7.52. The number of carbonyl (C=O) groups excluding carboxylic acids is 1. The first-order valence-corrected chi connectivity index (χ1v) is 8.76. The molecule has 24 heavy (non-hydrogen) atoms. The summed E-state index contributed by atoms with van der Waals surface area (Å²) in [6.45, 7) is 4.71. The van der Waals surface area contributed by atoms with Crippen molar-refractivity contribution < 1.29 is 9.53 Å². The molecule has 0 aliphatic carbocycles. The number of piperidine rings is 1. The van der Waals surface area contributed by atoms with Gasteiger partial charge in [0, 0.05) is 45.6 Å². The fraction of sp³-hybridized carbons (Fsp3) is 0.765. The second kappa shape index (κ2) is 9.64. The predicted molar refractivity (Wildman–Crippen MR) is 93.7 cm³/mol. The van der Waals surface area contributed by atoms with Gasteiger partial charge >= 0.3 is 6.03 Å². The summed E-state index contributed by atoms with van der Waals surface area (Å²) in [5, 5.41) is 7.23. The van der Waals surface area contributed by atoms with Gasteiger partial charge in [0.1, 0.15) is 0 Å². The fourth-order valence-corrected chi connectivity index (χ4v) is 3.23. The van der Waals surface area contributed by atoms with Crippen LogP contribution in [0.1, 0.15) is 24.8 Å². The smallest absolute Gasteiger partial charge is 0.317 e. The highest BCUT2D eigenvalue weighted by Crippen LogP contribution is 2.17. The average molecular weight is 337 g/mol. The number of nitrogens with zero attached hydrogens (tertiary/aromatic N) is 4. The van der Waals surface area contributed by atoms with Crippen molar-refractivity contribution in [1.82, 2.24) is 24.9 Å². The lowest BCUT2D eigenvalue weighted by Crippen LogP contribution is -2.42. The molecule has 1 atom stereocenters. The van der Waals surface area contributed by atoms with Crippen LogP contribution in [0.3, 0.4) is 0 Å². The molecule has 1 aliphatic rings. The number of ether oxygens (including phenoxy) is 1. The van der Waals surface area contributed by atoms with Crippen LogP contribution in [-0.4, -0.2) is 72.6 Å². The number of hydrogen-bond donors (Lipinski definition) is 1. The van der Waals surface area contributed by atoms with Gasteiger partial charge in [-0.25, -0.2) is 4.79 Å². The minimum atomic E-state index is -0.0277. The summed E-state index contributed by atoms with van der Waals surface area (Å²) in [5.41, 5.74) is 1.03. The highest BCUT2D eigenvalue weighted by atomic mass is 16.5. The summed E-state index contributed by atoms with van der Waals surface area (Å²) in [4.78, 5) is 16.7. The number of hydrogen-bond acceptors (Lipinski definition) is 4. The molecule has 0 bridgehead atoms.